The monoisotopic (exact) mass is 237 g/mol. The first-order chi connectivity index (χ1) is 6.74. The molecule has 0 aromatic carbocycles. The summed E-state index contributed by atoms with van der Waals surface area (Å²) >= 11 is 11.6. The molecule has 0 rings (SSSR count). The zero-order valence-corrected chi connectivity index (χ0v) is 10.8. The first-order valence-electron chi connectivity index (χ1n) is 5.69. The van der Waals surface area contributed by atoms with Gasteiger partial charge in [0.25, 0.3) is 0 Å². The van der Waals surface area contributed by atoms with E-state index in [2.05, 4.69) is 13.8 Å². The topological polar surface area (TPSA) is 0 Å². The molecule has 14 heavy (non-hydrogen) atoms. The zero-order chi connectivity index (χ0) is 10.8. The molecule has 0 aliphatic carbocycles. The van der Waals surface area contributed by atoms with Gasteiger partial charge in [0.1, 0.15) is 0 Å². The van der Waals surface area contributed by atoms with Gasteiger partial charge in [0, 0.05) is 11.8 Å². The summed E-state index contributed by atoms with van der Waals surface area (Å²) in [5.74, 6) is 2.61. The molecule has 0 nitrogen and oxygen atoms in total. The van der Waals surface area contributed by atoms with Crippen LogP contribution >= 0.6 is 23.2 Å². The molecular formula is C12H23Cl2. The van der Waals surface area contributed by atoms with Crippen LogP contribution in [0.2, 0.25) is 0 Å². The van der Waals surface area contributed by atoms with Crippen molar-refractivity contribution in [3.63, 3.8) is 0 Å². The molecule has 0 N–H and O–H groups in total. The van der Waals surface area contributed by atoms with Crippen molar-refractivity contribution in [2.75, 3.05) is 11.8 Å². The second-order valence-corrected chi connectivity index (χ2v) is 4.73. The van der Waals surface area contributed by atoms with Crippen molar-refractivity contribution in [3.05, 3.63) is 6.92 Å². The molecule has 2 unspecified atom stereocenters. The second kappa shape index (κ2) is 10.1. The second-order valence-electron chi connectivity index (χ2n) is 4.11. The highest BCUT2D eigenvalue weighted by Crippen LogP contribution is 2.19. The van der Waals surface area contributed by atoms with E-state index in [0.29, 0.717) is 17.7 Å². The summed E-state index contributed by atoms with van der Waals surface area (Å²) in [6, 6.07) is 0. The van der Waals surface area contributed by atoms with Gasteiger partial charge in [-0.15, -0.1) is 23.2 Å². The summed E-state index contributed by atoms with van der Waals surface area (Å²) in [6.45, 7) is 6.20. The van der Waals surface area contributed by atoms with Crippen LogP contribution in [0, 0.1) is 18.8 Å². The highest BCUT2D eigenvalue weighted by atomic mass is 35.5. The highest BCUT2D eigenvalue weighted by Gasteiger charge is 2.07. The molecule has 0 aromatic rings. The minimum atomic E-state index is 0.416. The molecule has 0 aromatic heterocycles. The minimum Gasteiger partial charge on any atom is -0.126 e. The molecule has 2 heteroatoms. The van der Waals surface area contributed by atoms with E-state index in [-0.39, 0.29) is 0 Å². The van der Waals surface area contributed by atoms with Gasteiger partial charge in [0.2, 0.25) is 0 Å². The van der Waals surface area contributed by atoms with Gasteiger partial charge < -0.3 is 0 Å². The molecule has 0 spiro atoms. The normalized spacial score (nSPS) is 15.4. The average molecular weight is 238 g/mol. The third-order valence-corrected chi connectivity index (χ3v) is 3.50. The van der Waals surface area contributed by atoms with E-state index in [1.54, 1.807) is 0 Å². The van der Waals surface area contributed by atoms with Crippen molar-refractivity contribution in [3.8, 4) is 0 Å². The van der Waals surface area contributed by atoms with Gasteiger partial charge in [-0.1, -0.05) is 26.2 Å². The molecule has 1 radical (unpaired) electrons. The van der Waals surface area contributed by atoms with E-state index in [1.807, 2.05) is 0 Å². The van der Waals surface area contributed by atoms with Gasteiger partial charge >= 0.3 is 0 Å². The molecule has 0 saturated carbocycles. The molecule has 0 aliphatic heterocycles. The van der Waals surface area contributed by atoms with Crippen LogP contribution in [0.15, 0.2) is 0 Å². The van der Waals surface area contributed by atoms with Gasteiger partial charge in [0.05, 0.1) is 0 Å². The molecule has 0 saturated heterocycles. The van der Waals surface area contributed by atoms with Crippen LogP contribution in [-0.4, -0.2) is 11.8 Å². The Hall–Kier alpha value is 0.580. The fourth-order valence-corrected chi connectivity index (χ4v) is 2.03. The third kappa shape index (κ3) is 7.94. The third-order valence-electron chi connectivity index (χ3n) is 2.63. The van der Waals surface area contributed by atoms with E-state index in [4.69, 9.17) is 23.2 Å². The van der Waals surface area contributed by atoms with E-state index < -0.39 is 0 Å². The van der Waals surface area contributed by atoms with Crippen molar-refractivity contribution < 1.29 is 0 Å². The lowest BCUT2D eigenvalue weighted by atomic mass is 9.95. The molecule has 0 amide bonds. The van der Waals surface area contributed by atoms with Crippen molar-refractivity contribution in [2.45, 2.75) is 45.4 Å². The fourth-order valence-electron chi connectivity index (χ4n) is 1.56. The number of halogens is 2. The van der Waals surface area contributed by atoms with Gasteiger partial charge in [-0.25, -0.2) is 0 Å². The van der Waals surface area contributed by atoms with Crippen LogP contribution in [0.5, 0.6) is 0 Å². The Labute approximate surface area is 99.4 Å². The Balaban J connectivity index is 3.42. The Kier molecular flexibility index (Phi) is 10.5. The lowest BCUT2D eigenvalue weighted by molar-refractivity contribution is 0.439. The van der Waals surface area contributed by atoms with Crippen LogP contribution in [0.4, 0.5) is 0 Å². The first-order valence-corrected chi connectivity index (χ1v) is 6.76. The van der Waals surface area contributed by atoms with Gasteiger partial charge in [-0.05, 0) is 38.0 Å². The van der Waals surface area contributed by atoms with Crippen LogP contribution in [-0.2, 0) is 0 Å². The lowest BCUT2D eigenvalue weighted by Gasteiger charge is -2.14. The Bertz CT molecular complexity index is 115. The average Bonchev–Trinajstić information content (AvgIpc) is 2.22. The Morgan fingerprint density at radius 1 is 1.00 bits per heavy atom. The summed E-state index contributed by atoms with van der Waals surface area (Å²) in [6.07, 6.45) is 7.47. The minimum absolute atomic E-state index is 0.416. The summed E-state index contributed by atoms with van der Waals surface area (Å²) in [7, 11) is 0. The maximum atomic E-state index is 5.91. The van der Waals surface area contributed by atoms with Crippen molar-refractivity contribution >= 4 is 23.2 Å². The summed E-state index contributed by atoms with van der Waals surface area (Å²) in [4.78, 5) is 0. The quantitative estimate of drug-likeness (QED) is 0.501. The van der Waals surface area contributed by atoms with E-state index in [1.165, 1.54) is 32.1 Å². The Morgan fingerprint density at radius 3 is 2.14 bits per heavy atom. The van der Waals surface area contributed by atoms with Crippen molar-refractivity contribution in [2.24, 2.45) is 11.8 Å². The molecule has 0 bridgehead atoms. The lowest BCUT2D eigenvalue weighted by Crippen LogP contribution is -2.04. The number of rotatable bonds is 9. The maximum absolute atomic E-state index is 5.91. The van der Waals surface area contributed by atoms with Crippen molar-refractivity contribution in [1.82, 2.24) is 0 Å². The van der Waals surface area contributed by atoms with Crippen molar-refractivity contribution in [1.29, 1.82) is 0 Å². The van der Waals surface area contributed by atoms with Crippen LogP contribution in [0.25, 0.3) is 0 Å². The summed E-state index contributed by atoms with van der Waals surface area (Å²) in [5.41, 5.74) is 0. The van der Waals surface area contributed by atoms with E-state index in [0.717, 1.165) is 12.3 Å². The highest BCUT2D eigenvalue weighted by molar-refractivity contribution is 6.18. The summed E-state index contributed by atoms with van der Waals surface area (Å²) in [5, 5.41) is 0. The first kappa shape index (κ1) is 14.6. The number of hydrogen-bond acceptors (Lipinski definition) is 0. The van der Waals surface area contributed by atoms with E-state index in [9.17, 15) is 0 Å². The Morgan fingerprint density at radius 2 is 1.64 bits per heavy atom. The number of hydrogen-bond donors (Lipinski definition) is 0. The van der Waals surface area contributed by atoms with Crippen LogP contribution < -0.4 is 0 Å². The van der Waals surface area contributed by atoms with Gasteiger partial charge in [0.15, 0.2) is 0 Å². The van der Waals surface area contributed by atoms with E-state index >= 15 is 0 Å². The predicted molar refractivity (Wildman–Crippen MR) is 67.2 cm³/mol. The fraction of sp³-hybridized carbons (Fsp3) is 0.917. The maximum Gasteiger partial charge on any atom is 0.0251 e. The van der Waals surface area contributed by atoms with Crippen LogP contribution in [0.3, 0.4) is 0 Å². The molecule has 85 valence electrons. The molecule has 2 atom stereocenters. The largest absolute Gasteiger partial charge is 0.126 e. The van der Waals surface area contributed by atoms with Gasteiger partial charge in [-0.3, -0.25) is 0 Å². The molecule has 0 fully saturated rings. The van der Waals surface area contributed by atoms with Gasteiger partial charge in [-0.2, -0.15) is 0 Å². The van der Waals surface area contributed by atoms with Crippen LogP contribution in [0.1, 0.15) is 45.4 Å². The number of unbranched alkanes of at least 4 members (excludes halogenated alkanes) is 1. The molecule has 0 aliphatic rings. The standard InChI is InChI=1S/C12H23Cl2/c1-3-4-7-12(10-14)8-5-6-11(2)9-13/h11-12H,2-10H2,1H3. The smallest absolute Gasteiger partial charge is 0.0251 e. The number of alkyl halides is 2. The predicted octanol–water partition coefficient (Wildman–Crippen LogP) is 4.89. The molecular weight excluding hydrogens is 215 g/mol. The SMILES string of the molecule is [CH2]C(CCl)CCCC(CCl)CCCC. The zero-order valence-electron chi connectivity index (χ0n) is 9.27. The molecule has 0 heterocycles. The summed E-state index contributed by atoms with van der Waals surface area (Å²) < 4.78 is 0.